The van der Waals surface area contributed by atoms with Gasteiger partial charge in [-0.3, -0.25) is 0 Å². The molecule has 0 saturated carbocycles. The molecule has 0 N–H and O–H groups in total. The monoisotopic (exact) mass is 479 g/mol. The molecule has 0 aromatic heterocycles. The van der Waals surface area contributed by atoms with E-state index in [2.05, 4.69) is 18.7 Å². The highest BCUT2D eigenvalue weighted by Gasteiger charge is 2.29. The normalized spacial score (nSPS) is 11.9. The number of thiocarbonyl (C=S) groups is 1. The number of halogens is 3. The Morgan fingerprint density at radius 1 is 0.971 bits per heavy atom. The van der Waals surface area contributed by atoms with Gasteiger partial charge in [0, 0.05) is 23.9 Å². The van der Waals surface area contributed by atoms with Crippen LogP contribution in [0.2, 0.25) is 0 Å². The SMILES string of the molecule is C=C(/C(=C/c1cccc(C(C)(F)F)c1F)CC)N(C(C)=S)c1ccc(Cc2ccccc2)cc1. The van der Waals surface area contributed by atoms with Crippen LogP contribution < -0.4 is 4.90 Å². The number of alkyl halides is 2. The Hall–Kier alpha value is -3.18. The molecule has 0 fully saturated rings. The second kappa shape index (κ2) is 10.8. The molecule has 5 heteroatoms. The average molecular weight is 480 g/mol. The van der Waals surface area contributed by atoms with Crippen LogP contribution in [0, 0.1) is 5.82 Å². The maximum absolute atomic E-state index is 14.8. The fraction of sp³-hybridized carbons (Fsp3) is 0.207. The summed E-state index contributed by atoms with van der Waals surface area (Å²) in [7, 11) is 0. The predicted octanol–water partition coefficient (Wildman–Crippen LogP) is 8.69. The van der Waals surface area contributed by atoms with Crippen molar-refractivity contribution in [2.24, 2.45) is 0 Å². The van der Waals surface area contributed by atoms with Gasteiger partial charge < -0.3 is 4.90 Å². The van der Waals surface area contributed by atoms with E-state index in [0.29, 0.717) is 29.6 Å². The zero-order valence-electron chi connectivity index (χ0n) is 19.6. The summed E-state index contributed by atoms with van der Waals surface area (Å²) in [5, 5.41) is 0. The van der Waals surface area contributed by atoms with Gasteiger partial charge in [-0.2, -0.15) is 0 Å². The number of hydrogen-bond donors (Lipinski definition) is 0. The molecule has 0 bridgehead atoms. The molecular formula is C29H28F3NS. The molecule has 0 amide bonds. The summed E-state index contributed by atoms with van der Waals surface area (Å²) in [4.78, 5) is 2.40. The van der Waals surface area contributed by atoms with Gasteiger partial charge in [-0.1, -0.05) is 86.4 Å². The van der Waals surface area contributed by atoms with Gasteiger partial charge in [-0.05, 0) is 54.7 Å². The summed E-state index contributed by atoms with van der Waals surface area (Å²) < 4.78 is 42.4. The van der Waals surface area contributed by atoms with Crippen molar-refractivity contribution in [2.45, 2.75) is 39.5 Å². The van der Waals surface area contributed by atoms with E-state index < -0.39 is 17.3 Å². The average Bonchev–Trinajstić information content (AvgIpc) is 2.79. The summed E-state index contributed by atoms with van der Waals surface area (Å²) in [6.45, 7) is 8.61. The second-order valence-electron chi connectivity index (χ2n) is 8.25. The summed E-state index contributed by atoms with van der Waals surface area (Å²) in [5.41, 5.74) is 3.97. The molecule has 176 valence electrons. The summed E-state index contributed by atoms with van der Waals surface area (Å²) in [6, 6.07) is 22.3. The van der Waals surface area contributed by atoms with E-state index in [9.17, 15) is 13.2 Å². The fourth-order valence-electron chi connectivity index (χ4n) is 3.84. The van der Waals surface area contributed by atoms with Gasteiger partial charge in [0.05, 0.1) is 10.6 Å². The number of benzene rings is 3. The van der Waals surface area contributed by atoms with E-state index >= 15 is 0 Å². The fourth-order valence-corrected chi connectivity index (χ4v) is 4.06. The first kappa shape index (κ1) is 25.4. The van der Waals surface area contributed by atoms with E-state index in [1.165, 1.54) is 17.7 Å². The third-order valence-corrected chi connectivity index (χ3v) is 5.80. The van der Waals surface area contributed by atoms with Crippen LogP contribution in [0.25, 0.3) is 6.08 Å². The highest BCUT2D eigenvalue weighted by molar-refractivity contribution is 7.80. The van der Waals surface area contributed by atoms with E-state index in [1.54, 1.807) is 13.0 Å². The van der Waals surface area contributed by atoms with Gasteiger partial charge in [0.1, 0.15) is 5.82 Å². The molecule has 34 heavy (non-hydrogen) atoms. The molecule has 0 unspecified atom stereocenters. The van der Waals surface area contributed by atoms with Gasteiger partial charge in [0.25, 0.3) is 5.92 Å². The summed E-state index contributed by atoms with van der Waals surface area (Å²) >= 11 is 5.50. The molecule has 0 radical (unpaired) electrons. The Morgan fingerprint density at radius 2 is 1.59 bits per heavy atom. The van der Waals surface area contributed by atoms with Crippen LogP contribution in [0.15, 0.2) is 90.6 Å². The predicted molar refractivity (Wildman–Crippen MR) is 140 cm³/mol. The van der Waals surface area contributed by atoms with Crippen molar-refractivity contribution in [3.63, 3.8) is 0 Å². The number of allylic oxidation sites excluding steroid dienone is 1. The van der Waals surface area contributed by atoms with Crippen LogP contribution in [-0.2, 0) is 12.3 Å². The third-order valence-electron chi connectivity index (χ3n) is 5.61. The molecular weight excluding hydrogens is 451 g/mol. The molecule has 0 aliphatic rings. The molecule has 0 aliphatic heterocycles. The number of nitrogens with zero attached hydrogens (tertiary/aromatic N) is 1. The van der Waals surface area contributed by atoms with Crippen LogP contribution in [0.4, 0.5) is 18.9 Å². The minimum Gasteiger partial charge on any atom is -0.305 e. The standard InChI is InChI=1S/C29H28F3NS/c1-5-24(19-25-12-9-13-27(28(25)30)29(4,31)32)20(2)33(21(3)34)26-16-14-23(15-17-26)18-22-10-7-6-8-11-22/h6-17,19H,2,5,18H2,1,3-4H3/b24-19+. The Morgan fingerprint density at radius 3 is 2.15 bits per heavy atom. The van der Waals surface area contributed by atoms with Crippen molar-refractivity contribution in [1.82, 2.24) is 0 Å². The van der Waals surface area contributed by atoms with Crippen molar-refractivity contribution < 1.29 is 13.2 Å². The van der Waals surface area contributed by atoms with Crippen LogP contribution in [-0.4, -0.2) is 4.99 Å². The first-order valence-corrected chi connectivity index (χ1v) is 11.5. The third kappa shape index (κ3) is 6.03. The quantitative estimate of drug-likeness (QED) is 0.235. The van der Waals surface area contributed by atoms with Crippen molar-refractivity contribution in [3.05, 3.63) is 119 Å². The maximum Gasteiger partial charge on any atom is 0.273 e. The lowest BCUT2D eigenvalue weighted by Crippen LogP contribution is -2.26. The Labute approximate surface area is 205 Å². The van der Waals surface area contributed by atoms with Gasteiger partial charge in [0.2, 0.25) is 0 Å². The van der Waals surface area contributed by atoms with E-state index in [4.69, 9.17) is 12.2 Å². The molecule has 0 aliphatic carbocycles. The zero-order valence-corrected chi connectivity index (χ0v) is 20.4. The number of hydrogen-bond acceptors (Lipinski definition) is 1. The van der Waals surface area contributed by atoms with Gasteiger partial charge >= 0.3 is 0 Å². The summed E-state index contributed by atoms with van der Waals surface area (Å²) in [6.07, 6.45) is 2.91. The lowest BCUT2D eigenvalue weighted by atomic mass is 10.0. The molecule has 0 saturated heterocycles. The van der Waals surface area contributed by atoms with E-state index in [-0.39, 0.29) is 5.56 Å². The number of rotatable bonds is 8. The lowest BCUT2D eigenvalue weighted by Gasteiger charge is -2.27. The van der Waals surface area contributed by atoms with E-state index in [1.807, 2.05) is 54.3 Å². The van der Waals surface area contributed by atoms with E-state index in [0.717, 1.165) is 23.7 Å². The largest absolute Gasteiger partial charge is 0.305 e. The van der Waals surface area contributed by atoms with Crippen LogP contribution in [0.3, 0.4) is 0 Å². The Kier molecular flexibility index (Phi) is 8.11. The first-order valence-electron chi connectivity index (χ1n) is 11.1. The lowest BCUT2D eigenvalue weighted by molar-refractivity contribution is 0.0137. The molecule has 0 heterocycles. The minimum absolute atomic E-state index is 0.0946. The second-order valence-corrected chi connectivity index (χ2v) is 8.84. The van der Waals surface area contributed by atoms with Gasteiger partial charge in [-0.25, -0.2) is 13.2 Å². The van der Waals surface area contributed by atoms with Crippen LogP contribution in [0.1, 0.15) is 49.4 Å². The molecule has 3 aromatic carbocycles. The van der Waals surface area contributed by atoms with Crippen molar-refractivity contribution in [2.75, 3.05) is 4.90 Å². The van der Waals surface area contributed by atoms with Crippen LogP contribution in [0.5, 0.6) is 0 Å². The Balaban J connectivity index is 1.91. The minimum atomic E-state index is -3.27. The molecule has 3 aromatic rings. The molecule has 1 nitrogen and oxygen atoms in total. The smallest absolute Gasteiger partial charge is 0.273 e. The maximum atomic E-state index is 14.8. The van der Waals surface area contributed by atoms with Gasteiger partial charge in [-0.15, -0.1) is 0 Å². The first-order chi connectivity index (χ1) is 16.1. The zero-order chi connectivity index (χ0) is 24.9. The molecule has 0 atom stereocenters. The van der Waals surface area contributed by atoms with Crippen molar-refractivity contribution in [1.29, 1.82) is 0 Å². The molecule has 0 spiro atoms. The Bertz CT molecular complexity index is 1190. The summed E-state index contributed by atoms with van der Waals surface area (Å²) in [5.74, 6) is -4.19. The van der Waals surface area contributed by atoms with Gasteiger partial charge in [0.15, 0.2) is 0 Å². The highest BCUT2D eigenvalue weighted by atomic mass is 32.1. The van der Waals surface area contributed by atoms with Crippen LogP contribution >= 0.6 is 12.2 Å². The highest BCUT2D eigenvalue weighted by Crippen LogP contribution is 2.33. The van der Waals surface area contributed by atoms with Crippen molar-refractivity contribution in [3.8, 4) is 0 Å². The topological polar surface area (TPSA) is 3.24 Å². The molecule has 3 rings (SSSR count). The number of anilines is 1. The van der Waals surface area contributed by atoms with Crippen molar-refractivity contribution >= 4 is 29.0 Å².